The molecular weight excluding hydrogens is 432 g/mol. The van der Waals surface area contributed by atoms with Crippen molar-refractivity contribution in [1.82, 2.24) is 9.62 Å². The summed E-state index contributed by atoms with van der Waals surface area (Å²) >= 11 is 5.92. The van der Waals surface area contributed by atoms with Crippen LogP contribution >= 0.6 is 11.6 Å². The van der Waals surface area contributed by atoms with Crippen LogP contribution in [-0.4, -0.2) is 25.2 Å². The molecule has 0 aliphatic rings. The van der Waals surface area contributed by atoms with Crippen LogP contribution in [0.2, 0.25) is 5.02 Å². The van der Waals surface area contributed by atoms with Crippen LogP contribution in [0.3, 0.4) is 0 Å². The maximum absolute atomic E-state index is 13.4. The highest BCUT2D eigenvalue weighted by Gasteiger charge is 2.27. The van der Waals surface area contributed by atoms with Crippen molar-refractivity contribution in [1.29, 1.82) is 0 Å². The number of amides is 1. The standard InChI is InChI=1S/C24H25ClN2O3S/c1-18-8-6-7-11-21(18)16-27(31(29,30)23-14-12-22(25)13-15-23)17-24(28)26-19(2)20-9-4-3-5-10-20/h3-15,19H,16-17H2,1-2H3,(H,26,28)/t19-/m1/s1. The lowest BCUT2D eigenvalue weighted by molar-refractivity contribution is -0.122. The SMILES string of the molecule is Cc1ccccc1CN(CC(=O)N[C@H](C)c1ccccc1)S(=O)(=O)c1ccc(Cl)cc1. The topological polar surface area (TPSA) is 66.5 Å². The lowest BCUT2D eigenvalue weighted by atomic mass is 10.1. The predicted molar refractivity (Wildman–Crippen MR) is 123 cm³/mol. The van der Waals surface area contributed by atoms with Gasteiger partial charge in [-0.25, -0.2) is 8.42 Å². The highest BCUT2D eigenvalue weighted by atomic mass is 35.5. The Hall–Kier alpha value is -2.67. The lowest BCUT2D eigenvalue weighted by Crippen LogP contribution is -2.41. The molecule has 5 nitrogen and oxygen atoms in total. The molecule has 3 aromatic carbocycles. The molecule has 0 unspecified atom stereocenters. The first kappa shape index (κ1) is 23.0. The van der Waals surface area contributed by atoms with Crippen molar-refractivity contribution in [2.24, 2.45) is 0 Å². The lowest BCUT2D eigenvalue weighted by Gasteiger charge is -2.24. The summed E-state index contributed by atoms with van der Waals surface area (Å²) in [5.74, 6) is -0.373. The van der Waals surface area contributed by atoms with Crippen molar-refractivity contribution in [2.45, 2.75) is 31.3 Å². The molecule has 1 amide bonds. The van der Waals surface area contributed by atoms with Crippen LogP contribution in [0, 0.1) is 6.92 Å². The fourth-order valence-corrected chi connectivity index (χ4v) is 4.73. The van der Waals surface area contributed by atoms with Gasteiger partial charge < -0.3 is 5.32 Å². The number of aryl methyl sites for hydroxylation is 1. The smallest absolute Gasteiger partial charge is 0.243 e. The van der Waals surface area contributed by atoms with E-state index in [4.69, 9.17) is 11.6 Å². The molecule has 1 N–H and O–H groups in total. The van der Waals surface area contributed by atoms with Crippen LogP contribution in [0.25, 0.3) is 0 Å². The molecule has 0 aliphatic carbocycles. The largest absolute Gasteiger partial charge is 0.348 e. The molecule has 0 saturated heterocycles. The number of hydrogen-bond acceptors (Lipinski definition) is 3. The van der Waals surface area contributed by atoms with Crippen LogP contribution in [0.5, 0.6) is 0 Å². The van der Waals surface area contributed by atoms with Gasteiger partial charge >= 0.3 is 0 Å². The molecule has 0 aliphatic heterocycles. The summed E-state index contributed by atoms with van der Waals surface area (Å²) in [6.07, 6.45) is 0. The van der Waals surface area contributed by atoms with Crippen molar-refractivity contribution in [3.63, 3.8) is 0 Å². The first-order valence-electron chi connectivity index (χ1n) is 9.92. The van der Waals surface area contributed by atoms with Crippen LogP contribution in [0.4, 0.5) is 0 Å². The zero-order valence-electron chi connectivity index (χ0n) is 17.5. The maximum Gasteiger partial charge on any atom is 0.243 e. The summed E-state index contributed by atoms with van der Waals surface area (Å²) in [4.78, 5) is 12.9. The second-order valence-corrected chi connectivity index (χ2v) is 9.73. The predicted octanol–water partition coefficient (Wildman–Crippen LogP) is 4.72. The van der Waals surface area contributed by atoms with Gasteiger partial charge in [0.15, 0.2) is 0 Å². The van der Waals surface area contributed by atoms with Gasteiger partial charge in [0.2, 0.25) is 15.9 Å². The highest BCUT2D eigenvalue weighted by molar-refractivity contribution is 7.89. The van der Waals surface area contributed by atoms with Gasteiger partial charge in [0.25, 0.3) is 0 Å². The van der Waals surface area contributed by atoms with E-state index in [9.17, 15) is 13.2 Å². The molecule has 0 saturated carbocycles. The summed E-state index contributed by atoms with van der Waals surface area (Å²) in [6.45, 7) is 3.58. The molecule has 0 heterocycles. The number of carbonyl (C=O) groups is 1. The number of benzene rings is 3. The fraction of sp³-hybridized carbons (Fsp3) is 0.208. The Balaban J connectivity index is 1.85. The minimum absolute atomic E-state index is 0.0881. The van der Waals surface area contributed by atoms with Gasteiger partial charge in [0.1, 0.15) is 0 Å². The van der Waals surface area contributed by atoms with E-state index in [2.05, 4.69) is 5.32 Å². The third-order valence-electron chi connectivity index (χ3n) is 5.06. The Labute approximate surface area is 188 Å². The molecule has 0 aromatic heterocycles. The Morgan fingerprint density at radius 3 is 2.23 bits per heavy atom. The van der Waals surface area contributed by atoms with Crippen LogP contribution in [0.1, 0.15) is 29.7 Å². The van der Waals surface area contributed by atoms with E-state index >= 15 is 0 Å². The Morgan fingerprint density at radius 2 is 1.58 bits per heavy atom. The maximum atomic E-state index is 13.4. The van der Waals surface area contributed by atoms with Gasteiger partial charge in [-0.1, -0.05) is 66.2 Å². The molecule has 3 aromatic rings. The Bertz CT molecular complexity index is 1130. The molecular formula is C24H25ClN2O3S. The van der Waals surface area contributed by atoms with Gasteiger partial charge in [0.05, 0.1) is 17.5 Å². The number of nitrogens with one attached hydrogen (secondary N) is 1. The Morgan fingerprint density at radius 1 is 0.968 bits per heavy atom. The second kappa shape index (κ2) is 10.1. The first-order valence-corrected chi connectivity index (χ1v) is 11.7. The van der Waals surface area contributed by atoms with E-state index in [1.165, 1.54) is 28.6 Å². The van der Waals surface area contributed by atoms with E-state index < -0.39 is 10.0 Å². The van der Waals surface area contributed by atoms with Crippen molar-refractivity contribution in [3.05, 3.63) is 101 Å². The summed E-state index contributed by atoms with van der Waals surface area (Å²) in [5.41, 5.74) is 2.74. The van der Waals surface area contributed by atoms with E-state index in [0.717, 1.165) is 16.7 Å². The Kier molecular flexibility index (Phi) is 7.49. The molecule has 0 fully saturated rings. The van der Waals surface area contributed by atoms with E-state index in [1.54, 1.807) is 0 Å². The van der Waals surface area contributed by atoms with Crippen molar-refractivity contribution >= 4 is 27.5 Å². The number of rotatable bonds is 8. The molecule has 0 bridgehead atoms. The molecule has 7 heteroatoms. The number of hydrogen-bond donors (Lipinski definition) is 1. The first-order chi connectivity index (χ1) is 14.8. The monoisotopic (exact) mass is 456 g/mol. The average molecular weight is 457 g/mol. The van der Waals surface area contributed by atoms with Crippen molar-refractivity contribution in [2.75, 3.05) is 6.54 Å². The van der Waals surface area contributed by atoms with Gasteiger partial charge in [-0.05, 0) is 54.8 Å². The summed E-state index contributed by atoms with van der Waals surface area (Å²) in [5, 5.41) is 3.34. The number of carbonyl (C=O) groups excluding carboxylic acids is 1. The molecule has 0 spiro atoms. The van der Waals surface area contributed by atoms with E-state index in [0.29, 0.717) is 5.02 Å². The zero-order chi connectivity index (χ0) is 22.4. The highest BCUT2D eigenvalue weighted by Crippen LogP contribution is 2.22. The van der Waals surface area contributed by atoms with E-state index in [-0.39, 0.29) is 29.9 Å². The minimum Gasteiger partial charge on any atom is -0.348 e. The molecule has 31 heavy (non-hydrogen) atoms. The average Bonchev–Trinajstić information content (AvgIpc) is 2.75. The van der Waals surface area contributed by atoms with E-state index in [1.807, 2.05) is 68.4 Å². The van der Waals surface area contributed by atoms with Crippen molar-refractivity contribution in [3.8, 4) is 0 Å². The molecule has 3 rings (SSSR count). The number of sulfonamides is 1. The summed E-state index contributed by atoms with van der Waals surface area (Å²) in [6, 6.07) is 22.8. The number of halogens is 1. The fourth-order valence-electron chi connectivity index (χ4n) is 3.23. The normalized spacial score (nSPS) is 12.5. The van der Waals surface area contributed by atoms with Crippen LogP contribution in [-0.2, 0) is 21.4 Å². The molecule has 1 atom stereocenters. The minimum atomic E-state index is -3.91. The van der Waals surface area contributed by atoms with Gasteiger partial charge in [-0.15, -0.1) is 0 Å². The van der Waals surface area contributed by atoms with Gasteiger partial charge in [-0.2, -0.15) is 4.31 Å². The van der Waals surface area contributed by atoms with Crippen molar-refractivity contribution < 1.29 is 13.2 Å². The second-order valence-electron chi connectivity index (χ2n) is 7.35. The summed E-state index contributed by atoms with van der Waals surface area (Å²) < 4.78 is 27.9. The zero-order valence-corrected chi connectivity index (χ0v) is 19.0. The van der Waals surface area contributed by atoms with Crippen LogP contribution in [0.15, 0.2) is 83.8 Å². The third-order valence-corrected chi connectivity index (χ3v) is 7.11. The molecule has 0 radical (unpaired) electrons. The quantitative estimate of drug-likeness (QED) is 0.533. The summed E-state index contributed by atoms with van der Waals surface area (Å²) in [7, 11) is -3.91. The van der Waals surface area contributed by atoms with Gasteiger partial charge in [-0.3, -0.25) is 4.79 Å². The number of nitrogens with zero attached hydrogens (tertiary/aromatic N) is 1. The molecule has 162 valence electrons. The third kappa shape index (κ3) is 5.94. The van der Waals surface area contributed by atoms with Crippen LogP contribution < -0.4 is 5.32 Å². The van der Waals surface area contributed by atoms with Gasteiger partial charge in [0, 0.05) is 11.6 Å².